The molecule has 0 N–H and O–H groups in total. The van der Waals surface area contributed by atoms with E-state index in [-0.39, 0.29) is 0 Å². The van der Waals surface area contributed by atoms with E-state index in [2.05, 4.69) is 24.0 Å². The molecule has 0 aliphatic rings. The lowest BCUT2D eigenvalue weighted by molar-refractivity contribution is 1.26. The highest BCUT2D eigenvalue weighted by molar-refractivity contribution is 5.44. The van der Waals surface area contributed by atoms with Crippen molar-refractivity contribution in [3.8, 4) is 24.0 Å². The number of nitrogens with zero attached hydrogens (tertiary/aromatic N) is 2. The third kappa shape index (κ3) is 3.74. The minimum Gasteiger partial charge on any atom is -0.198 e. The first-order chi connectivity index (χ1) is 9.81. The number of nitriles is 2. The van der Waals surface area contributed by atoms with Crippen LogP contribution in [0.3, 0.4) is 0 Å². The van der Waals surface area contributed by atoms with Gasteiger partial charge in [-0.2, -0.15) is 10.5 Å². The van der Waals surface area contributed by atoms with Crippen molar-refractivity contribution in [2.24, 2.45) is 0 Å². The molecule has 0 unspecified atom stereocenters. The van der Waals surface area contributed by atoms with Gasteiger partial charge in [-0.1, -0.05) is 36.1 Å². The number of hydrogen-bond donors (Lipinski definition) is 0. The van der Waals surface area contributed by atoms with Crippen LogP contribution in [-0.4, -0.2) is 0 Å². The van der Waals surface area contributed by atoms with Crippen LogP contribution >= 0.6 is 0 Å². The van der Waals surface area contributed by atoms with E-state index < -0.39 is 0 Å². The zero-order valence-electron chi connectivity index (χ0n) is 10.9. The summed E-state index contributed by atoms with van der Waals surface area (Å²) in [5, 5.41) is 17.2. The monoisotopic (exact) mass is 256 g/mol. The number of benzene rings is 2. The molecule has 0 amide bonds. The molecule has 0 atom stereocenters. The molecule has 0 heterocycles. The minimum absolute atomic E-state index is 0.425. The molecule has 0 aliphatic carbocycles. The topological polar surface area (TPSA) is 47.6 Å². The van der Waals surface area contributed by atoms with Crippen LogP contribution in [0.15, 0.2) is 48.5 Å². The van der Waals surface area contributed by atoms with Crippen molar-refractivity contribution >= 4 is 0 Å². The van der Waals surface area contributed by atoms with Gasteiger partial charge in [0.15, 0.2) is 0 Å². The van der Waals surface area contributed by atoms with Gasteiger partial charge in [-0.05, 0) is 35.4 Å². The average molecular weight is 256 g/mol. The summed E-state index contributed by atoms with van der Waals surface area (Å²) in [4.78, 5) is 0. The van der Waals surface area contributed by atoms with Crippen LogP contribution in [0.4, 0.5) is 0 Å². The molecule has 2 heteroatoms. The van der Waals surface area contributed by atoms with Crippen LogP contribution in [0.5, 0.6) is 0 Å². The Morgan fingerprint density at radius 3 is 1.25 bits per heavy atom. The van der Waals surface area contributed by atoms with Crippen molar-refractivity contribution in [3.63, 3.8) is 0 Å². The van der Waals surface area contributed by atoms with E-state index in [4.69, 9.17) is 10.5 Å². The van der Waals surface area contributed by atoms with Gasteiger partial charge in [0.2, 0.25) is 0 Å². The maximum atomic E-state index is 8.60. The second kappa shape index (κ2) is 6.79. The molecule has 0 fully saturated rings. The second-order valence-electron chi connectivity index (χ2n) is 4.31. The van der Waals surface area contributed by atoms with E-state index in [9.17, 15) is 0 Å². The lowest BCUT2D eigenvalue weighted by atomic mass is 10.1. The molecule has 2 nitrogen and oxygen atoms in total. The predicted octanol–water partition coefficient (Wildman–Crippen LogP) is 3.22. The maximum Gasteiger partial charge on any atom is 0.0669 e. The molecule has 2 aromatic carbocycles. The molecule has 20 heavy (non-hydrogen) atoms. The van der Waals surface area contributed by atoms with Crippen molar-refractivity contribution < 1.29 is 0 Å². The molecule has 94 valence electrons. The maximum absolute atomic E-state index is 8.60. The zero-order valence-corrected chi connectivity index (χ0v) is 10.9. The Kier molecular flexibility index (Phi) is 4.55. The van der Waals surface area contributed by atoms with Gasteiger partial charge in [0.05, 0.1) is 25.0 Å². The third-order valence-electron chi connectivity index (χ3n) is 2.83. The Bertz CT molecular complexity index is 651. The molecule has 0 bridgehead atoms. The van der Waals surface area contributed by atoms with Gasteiger partial charge in [0.25, 0.3) is 0 Å². The lowest BCUT2D eigenvalue weighted by Crippen LogP contribution is -1.83. The highest BCUT2D eigenvalue weighted by Crippen LogP contribution is 2.06. The van der Waals surface area contributed by atoms with Crippen LogP contribution in [0.1, 0.15) is 22.3 Å². The zero-order chi connectivity index (χ0) is 14.2. The molecule has 0 radical (unpaired) electrons. The standard InChI is InChI=1S/C18H12N2/c19-13-11-17-7-3-15(4-8-17)1-2-16-5-9-18(10-6-16)12-14-20/h3-10H,11-12H2. The highest BCUT2D eigenvalue weighted by Gasteiger charge is 1.93. The molecule has 0 aromatic heterocycles. The van der Waals surface area contributed by atoms with Crippen LogP contribution in [0.25, 0.3) is 0 Å². The van der Waals surface area contributed by atoms with E-state index in [1.807, 2.05) is 48.5 Å². The fraction of sp³-hybridized carbons (Fsp3) is 0.111. The Hall–Kier alpha value is -3.02. The summed E-state index contributed by atoms with van der Waals surface area (Å²) in [5.74, 6) is 6.17. The summed E-state index contributed by atoms with van der Waals surface area (Å²) in [6, 6.07) is 19.6. The normalized spacial score (nSPS) is 8.90. The Labute approximate surface area is 118 Å². The molecular formula is C18H12N2. The first kappa shape index (κ1) is 13.4. The van der Waals surface area contributed by atoms with Crippen LogP contribution < -0.4 is 0 Å². The molecular weight excluding hydrogens is 244 g/mol. The van der Waals surface area contributed by atoms with Gasteiger partial charge in [0, 0.05) is 11.1 Å². The highest BCUT2D eigenvalue weighted by atomic mass is 14.2. The van der Waals surface area contributed by atoms with E-state index >= 15 is 0 Å². The van der Waals surface area contributed by atoms with E-state index in [1.165, 1.54) is 0 Å². The van der Waals surface area contributed by atoms with Gasteiger partial charge in [0.1, 0.15) is 0 Å². The molecule has 0 saturated heterocycles. The average Bonchev–Trinajstić information content (AvgIpc) is 2.49. The Balaban J connectivity index is 2.10. The van der Waals surface area contributed by atoms with Crippen molar-refractivity contribution in [3.05, 3.63) is 70.8 Å². The van der Waals surface area contributed by atoms with Gasteiger partial charge >= 0.3 is 0 Å². The van der Waals surface area contributed by atoms with Crippen LogP contribution in [0.2, 0.25) is 0 Å². The van der Waals surface area contributed by atoms with Crippen molar-refractivity contribution in [2.45, 2.75) is 12.8 Å². The summed E-state index contributed by atoms with van der Waals surface area (Å²) < 4.78 is 0. The summed E-state index contributed by atoms with van der Waals surface area (Å²) in [6.45, 7) is 0. The Morgan fingerprint density at radius 1 is 0.600 bits per heavy atom. The van der Waals surface area contributed by atoms with E-state index in [0.717, 1.165) is 22.3 Å². The second-order valence-corrected chi connectivity index (χ2v) is 4.31. The number of rotatable bonds is 2. The van der Waals surface area contributed by atoms with Gasteiger partial charge in [-0.25, -0.2) is 0 Å². The van der Waals surface area contributed by atoms with E-state index in [1.54, 1.807) is 0 Å². The van der Waals surface area contributed by atoms with Gasteiger partial charge in [-0.15, -0.1) is 0 Å². The van der Waals surface area contributed by atoms with Crippen molar-refractivity contribution in [1.82, 2.24) is 0 Å². The Morgan fingerprint density at radius 2 is 0.950 bits per heavy atom. The van der Waals surface area contributed by atoms with Gasteiger partial charge < -0.3 is 0 Å². The summed E-state index contributed by atoms with van der Waals surface area (Å²) in [7, 11) is 0. The predicted molar refractivity (Wildman–Crippen MR) is 77.5 cm³/mol. The third-order valence-corrected chi connectivity index (χ3v) is 2.83. The SMILES string of the molecule is N#CCc1ccc(C#Cc2ccc(CC#N)cc2)cc1. The lowest BCUT2D eigenvalue weighted by Gasteiger charge is -1.95. The molecule has 0 spiro atoms. The molecule has 2 rings (SSSR count). The fourth-order valence-electron chi connectivity index (χ4n) is 1.74. The summed E-state index contributed by atoms with van der Waals surface area (Å²) in [6.07, 6.45) is 0.849. The van der Waals surface area contributed by atoms with Gasteiger partial charge in [-0.3, -0.25) is 0 Å². The molecule has 0 saturated carbocycles. The van der Waals surface area contributed by atoms with Crippen LogP contribution in [-0.2, 0) is 12.8 Å². The summed E-state index contributed by atoms with van der Waals surface area (Å²) >= 11 is 0. The molecule has 2 aromatic rings. The minimum atomic E-state index is 0.425. The first-order valence-corrected chi connectivity index (χ1v) is 6.25. The fourth-order valence-corrected chi connectivity index (χ4v) is 1.74. The smallest absolute Gasteiger partial charge is 0.0669 e. The quantitative estimate of drug-likeness (QED) is 0.774. The van der Waals surface area contributed by atoms with Crippen molar-refractivity contribution in [2.75, 3.05) is 0 Å². The largest absolute Gasteiger partial charge is 0.198 e. The summed E-state index contributed by atoms with van der Waals surface area (Å²) in [5.41, 5.74) is 3.85. The number of hydrogen-bond acceptors (Lipinski definition) is 2. The first-order valence-electron chi connectivity index (χ1n) is 6.25. The van der Waals surface area contributed by atoms with E-state index in [0.29, 0.717) is 12.8 Å². The van der Waals surface area contributed by atoms with Crippen molar-refractivity contribution in [1.29, 1.82) is 10.5 Å². The molecule has 0 aliphatic heterocycles. The van der Waals surface area contributed by atoms with Crippen LogP contribution in [0, 0.1) is 34.5 Å².